The van der Waals surface area contributed by atoms with Gasteiger partial charge in [-0.1, -0.05) is 13.8 Å². The zero-order valence-corrected chi connectivity index (χ0v) is 8.18. The lowest BCUT2D eigenvalue weighted by Crippen LogP contribution is -2.30. The Balaban J connectivity index is 0. The van der Waals surface area contributed by atoms with Crippen molar-refractivity contribution in [1.82, 2.24) is 5.32 Å². The summed E-state index contributed by atoms with van der Waals surface area (Å²) < 4.78 is 5.01. The summed E-state index contributed by atoms with van der Waals surface area (Å²) in [6.45, 7) is 7.08. The Hall–Kier alpha value is -0.0800. The van der Waals surface area contributed by atoms with Crippen LogP contribution >= 0.6 is 0 Å². The van der Waals surface area contributed by atoms with Gasteiger partial charge in [-0.05, 0) is 19.8 Å². The molecule has 2 atom stereocenters. The molecule has 0 aliphatic carbocycles. The Morgan fingerprint density at radius 3 is 2.45 bits per heavy atom. The maximum atomic E-state index is 5.01. The van der Waals surface area contributed by atoms with Crippen molar-refractivity contribution in [2.75, 3.05) is 13.7 Å². The topological polar surface area (TPSA) is 21.3 Å². The number of ether oxygens (including phenoxy) is 1. The molecule has 0 aromatic rings. The quantitative estimate of drug-likeness (QED) is 0.669. The van der Waals surface area contributed by atoms with E-state index in [1.54, 1.807) is 7.11 Å². The van der Waals surface area contributed by atoms with Crippen LogP contribution in [0.1, 0.15) is 35.0 Å². The molecule has 1 aliphatic rings. The molecule has 1 heterocycles. The summed E-state index contributed by atoms with van der Waals surface area (Å²) in [5.41, 5.74) is 0. The van der Waals surface area contributed by atoms with Gasteiger partial charge in [0.05, 0.1) is 6.61 Å². The summed E-state index contributed by atoms with van der Waals surface area (Å²) in [5.74, 6) is 0. The van der Waals surface area contributed by atoms with E-state index >= 15 is 0 Å². The number of rotatable bonds is 2. The van der Waals surface area contributed by atoms with E-state index in [9.17, 15) is 0 Å². The van der Waals surface area contributed by atoms with Crippen LogP contribution < -0.4 is 5.32 Å². The average Bonchev–Trinajstić information content (AvgIpc) is 2.41. The number of hydrogen-bond donors (Lipinski definition) is 1. The molecule has 0 aromatic carbocycles. The van der Waals surface area contributed by atoms with E-state index in [1.165, 1.54) is 12.8 Å². The van der Waals surface area contributed by atoms with Gasteiger partial charge in [-0.25, -0.2) is 0 Å². The molecule has 11 heavy (non-hydrogen) atoms. The van der Waals surface area contributed by atoms with Crippen LogP contribution in [0, 0.1) is 0 Å². The van der Waals surface area contributed by atoms with Crippen LogP contribution in [0.25, 0.3) is 0 Å². The minimum atomic E-state index is 0. The molecule has 0 aromatic heterocycles. The van der Waals surface area contributed by atoms with Gasteiger partial charge < -0.3 is 10.1 Å². The molecule has 0 amide bonds. The number of hydrogen-bond acceptors (Lipinski definition) is 2. The van der Waals surface area contributed by atoms with E-state index in [0.29, 0.717) is 12.1 Å². The molecular formula is C9H23NO. The summed E-state index contributed by atoms with van der Waals surface area (Å²) in [7, 11) is 1.75. The molecule has 1 N–H and O–H groups in total. The van der Waals surface area contributed by atoms with E-state index in [4.69, 9.17) is 4.74 Å². The van der Waals surface area contributed by atoms with E-state index in [0.717, 1.165) is 6.61 Å². The Morgan fingerprint density at radius 2 is 2.09 bits per heavy atom. The molecule has 2 heteroatoms. The van der Waals surface area contributed by atoms with Crippen LogP contribution in [0.2, 0.25) is 0 Å². The third-order valence-electron chi connectivity index (χ3n) is 1.84. The highest BCUT2D eigenvalue weighted by atomic mass is 16.5. The summed E-state index contributed by atoms with van der Waals surface area (Å²) in [4.78, 5) is 0. The van der Waals surface area contributed by atoms with Gasteiger partial charge in [-0.3, -0.25) is 0 Å². The lowest BCUT2D eigenvalue weighted by molar-refractivity contribution is 0.172. The fraction of sp³-hybridized carbons (Fsp3) is 1.00. The first-order chi connectivity index (χ1) is 5.33. The van der Waals surface area contributed by atoms with Crippen molar-refractivity contribution in [3.8, 4) is 0 Å². The number of methoxy groups -OCH3 is 1. The van der Waals surface area contributed by atoms with Gasteiger partial charge in [0, 0.05) is 20.6 Å². The third-order valence-corrected chi connectivity index (χ3v) is 1.84. The monoisotopic (exact) mass is 161 g/mol. The first kappa shape index (κ1) is 10.9. The summed E-state index contributed by atoms with van der Waals surface area (Å²) in [5, 5.41) is 3.43. The van der Waals surface area contributed by atoms with Crippen LogP contribution in [-0.4, -0.2) is 25.8 Å². The molecule has 2 unspecified atom stereocenters. The standard InChI is InChI=1S/C7H15NO.C2H6.H2/c1-6-3-4-7(8-6)5-9-2;1-2;/h6-8H,3-5H2,1-2H3;1-2H3;1H. The van der Waals surface area contributed by atoms with Gasteiger partial charge in [-0.15, -0.1) is 0 Å². The Morgan fingerprint density at radius 1 is 1.45 bits per heavy atom. The summed E-state index contributed by atoms with van der Waals surface area (Å²) >= 11 is 0. The van der Waals surface area contributed by atoms with E-state index in [-0.39, 0.29) is 1.43 Å². The van der Waals surface area contributed by atoms with Gasteiger partial charge in [0.1, 0.15) is 0 Å². The average molecular weight is 161 g/mol. The van der Waals surface area contributed by atoms with Crippen molar-refractivity contribution in [2.45, 2.75) is 45.7 Å². The summed E-state index contributed by atoms with van der Waals surface area (Å²) in [6, 6.07) is 1.31. The largest absolute Gasteiger partial charge is 0.383 e. The first-order valence-corrected chi connectivity index (χ1v) is 4.58. The van der Waals surface area contributed by atoms with Crippen molar-refractivity contribution in [1.29, 1.82) is 0 Å². The van der Waals surface area contributed by atoms with Crippen molar-refractivity contribution in [2.24, 2.45) is 0 Å². The number of nitrogens with one attached hydrogen (secondary N) is 1. The summed E-state index contributed by atoms with van der Waals surface area (Å²) in [6.07, 6.45) is 2.57. The SMILES string of the molecule is CC.COCC1CCC(C)N1.[HH]. The zero-order valence-electron chi connectivity index (χ0n) is 8.18. The molecule has 1 saturated heterocycles. The maximum Gasteiger partial charge on any atom is 0.0615 e. The highest BCUT2D eigenvalue weighted by molar-refractivity contribution is 4.79. The predicted octanol–water partition coefficient (Wildman–Crippen LogP) is 2.05. The Bertz CT molecular complexity index is 88.6. The van der Waals surface area contributed by atoms with Crippen LogP contribution in [0.3, 0.4) is 0 Å². The Kier molecular flexibility index (Phi) is 6.57. The maximum absolute atomic E-state index is 5.01. The molecule has 0 bridgehead atoms. The molecule has 1 aliphatic heterocycles. The molecule has 70 valence electrons. The van der Waals surface area contributed by atoms with Crippen LogP contribution in [0.15, 0.2) is 0 Å². The minimum Gasteiger partial charge on any atom is -0.383 e. The fourth-order valence-corrected chi connectivity index (χ4v) is 1.35. The minimum absolute atomic E-state index is 0. The van der Waals surface area contributed by atoms with E-state index < -0.39 is 0 Å². The normalized spacial score (nSPS) is 29.5. The second kappa shape index (κ2) is 6.62. The smallest absolute Gasteiger partial charge is 0.0615 e. The van der Waals surface area contributed by atoms with Crippen molar-refractivity contribution >= 4 is 0 Å². The molecule has 2 nitrogen and oxygen atoms in total. The van der Waals surface area contributed by atoms with Crippen molar-refractivity contribution in [3.63, 3.8) is 0 Å². The van der Waals surface area contributed by atoms with Gasteiger partial charge >= 0.3 is 0 Å². The van der Waals surface area contributed by atoms with Crippen molar-refractivity contribution < 1.29 is 6.16 Å². The third kappa shape index (κ3) is 4.38. The molecule has 1 rings (SSSR count). The predicted molar refractivity (Wildman–Crippen MR) is 51.0 cm³/mol. The van der Waals surface area contributed by atoms with Gasteiger partial charge in [0.2, 0.25) is 0 Å². The molecule has 0 spiro atoms. The molecule has 0 radical (unpaired) electrons. The fourth-order valence-electron chi connectivity index (χ4n) is 1.35. The second-order valence-corrected chi connectivity index (χ2v) is 2.80. The Labute approximate surface area is 71.8 Å². The van der Waals surface area contributed by atoms with E-state index in [1.807, 2.05) is 13.8 Å². The molecular weight excluding hydrogens is 138 g/mol. The molecule has 0 saturated carbocycles. The lowest BCUT2D eigenvalue weighted by atomic mass is 10.2. The highest BCUT2D eigenvalue weighted by Crippen LogP contribution is 2.10. The van der Waals surface area contributed by atoms with Gasteiger partial charge in [-0.2, -0.15) is 0 Å². The highest BCUT2D eigenvalue weighted by Gasteiger charge is 2.18. The van der Waals surface area contributed by atoms with Crippen LogP contribution in [0.5, 0.6) is 0 Å². The van der Waals surface area contributed by atoms with Crippen LogP contribution in [-0.2, 0) is 4.74 Å². The van der Waals surface area contributed by atoms with Gasteiger partial charge in [0.15, 0.2) is 0 Å². The van der Waals surface area contributed by atoms with Crippen molar-refractivity contribution in [3.05, 3.63) is 0 Å². The van der Waals surface area contributed by atoms with Crippen LogP contribution in [0.4, 0.5) is 0 Å². The lowest BCUT2D eigenvalue weighted by Gasteiger charge is -2.08. The zero-order chi connectivity index (χ0) is 8.69. The first-order valence-electron chi connectivity index (χ1n) is 4.58. The van der Waals surface area contributed by atoms with E-state index in [2.05, 4.69) is 12.2 Å². The van der Waals surface area contributed by atoms with Gasteiger partial charge in [0.25, 0.3) is 0 Å². The molecule has 1 fully saturated rings. The second-order valence-electron chi connectivity index (χ2n) is 2.80.